The smallest absolute Gasteiger partial charge is 0.308 e. The predicted octanol–water partition coefficient (Wildman–Crippen LogP) is 2.18. The molecule has 0 atom stereocenters. The number of fused-ring (bicyclic) bond motifs is 1. The van der Waals surface area contributed by atoms with Gasteiger partial charge in [-0.25, -0.2) is 8.42 Å². The highest BCUT2D eigenvalue weighted by molar-refractivity contribution is 7.89. The molecule has 4 rings (SSSR count). The maximum absolute atomic E-state index is 13.1. The number of sulfonamides is 1. The highest BCUT2D eigenvalue weighted by Crippen LogP contribution is 2.38. The average molecular weight is 577 g/mol. The Bertz CT molecular complexity index is 1390. The van der Waals surface area contributed by atoms with E-state index in [0.29, 0.717) is 42.9 Å². The molecule has 11 nitrogen and oxygen atoms in total. The lowest BCUT2D eigenvalue weighted by molar-refractivity contribution is -0.146. The summed E-state index contributed by atoms with van der Waals surface area (Å²) >= 11 is 1.27. The van der Waals surface area contributed by atoms with Crippen molar-refractivity contribution in [1.29, 1.82) is 0 Å². The zero-order chi connectivity index (χ0) is 28.5. The summed E-state index contributed by atoms with van der Waals surface area (Å²) in [5, 5.41) is 3.23. The van der Waals surface area contributed by atoms with E-state index >= 15 is 0 Å². The van der Waals surface area contributed by atoms with E-state index in [-0.39, 0.29) is 47.3 Å². The summed E-state index contributed by atoms with van der Waals surface area (Å²) in [6.07, 6.45) is 1.28. The Morgan fingerprint density at radius 2 is 1.69 bits per heavy atom. The molecule has 2 aliphatic rings. The molecule has 210 valence electrons. The first-order valence-corrected chi connectivity index (χ1v) is 14.8. The second-order valence-electron chi connectivity index (χ2n) is 9.78. The minimum absolute atomic E-state index is 0.0509. The number of rotatable bonds is 6. The molecule has 13 heteroatoms. The Balaban J connectivity index is 1.51. The van der Waals surface area contributed by atoms with Crippen LogP contribution in [0, 0.1) is 5.92 Å². The number of nitrogens with zero attached hydrogens (tertiary/aromatic N) is 3. The standard InChI is InChI=1S/C26H32N4O7S2/c1-16(31)29-12-11-20-21(15-29)38-24(22(20)25(33)28(2)3)27-23(32)17-5-7-19(8-6-17)39(35,36)30-13-9-18(10-14-30)26(34)37-4/h5-8,18H,9-15H2,1-4H3,(H,27,32). The summed E-state index contributed by atoms with van der Waals surface area (Å²) in [5.41, 5.74) is 1.49. The number of carbonyl (C=O) groups excluding carboxylic acids is 4. The van der Waals surface area contributed by atoms with Crippen LogP contribution in [0.3, 0.4) is 0 Å². The first-order valence-electron chi connectivity index (χ1n) is 12.5. The number of hydrogen-bond acceptors (Lipinski definition) is 8. The molecule has 1 aromatic carbocycles. The maximum Gasteiger partial charge on any atom is 0.308 e. The summed E-state index contributed by atoms with van der Waals surface area (Å²) in [6.45, 7) is 2.79. The maximum atomic E-state index is 13.1. The Morgan fingerprint density at radius 1 is 1.05 bits per heavy atom. The van der Waals surface area contributed by atoms with E-state index in [1.54, 1.807) is 19.0 Å². The number of anilines is 1. The van der Waals surface area contributed by atoms with Gasteiger partial charge in [0.1, 0.15) is 5.00 Å². The highest BCUT2D eigenvalue weighted by Gasteiger charge is 2.33. The number of ether oxygens (including phenoxy) is 1. The van der Waals surface area contributed by atoms with Gasteiger partial charge < -0.3 is 19.9 Å². The third-order valence-electron chi connectivity index (χ3n) is 7.09. The van der Waals surface area contributed by atoms with Crippen LogP contribution < -0.4 is 5.32 Å². The lowest BCUT2D eigenvalue weighted by Crippen LogP contribution is -2.40. The van der Waals surface area contributed by atoms with Gasteiger partial charge >= 0.3 is 5.97 Å². The van der Waals surface area contributed by atoms with E-state index in [9.17, 15) is 27.6 Å². The highest BCUT2D eigenvalue weighted by atomic mass is 32.2. The Hall–Kier alpha value is -3.29. The molecular formula is C26H32N4O7S2. The normalized spacial score (nSPS) is 16.4. The number of piperidine rings is 1. The second kappa shape index (κ2) is 11.4. The molecule has 0 spiro atoms. The van der Waals surface area contributed by atoms with Crippen molar-refractivity contribution in [2.75, 3.05) is 46.2 Å². The molecule has 3 amide bonds. The molecule has 2 aliphatic heterocycles. The Kier molecular flexibility index (Phi) is 8.42. The molecule has 39 heavy (non-hydrogen) atoms. The molecule has 0 saturated carbocycles. The third kappa shape index (κ3) is 5.85. The molecule has 0 radical (unpaired) electrons. The lowest BCUT2D eigenvalue weighted by Gasteiger charge is -2.29. The van der Waals surface area contributed by atoms with E-state index in [1.165, 1.54) is 58.8 Å². The summed E-state index contributed by atoms with van der Waals surface area (Å²) in [7, 11) is 0.804. The second-order valence-corrected chi connectivity index (χ2v) is 12.8. The van der Waals surface area contributed by atoms with Crippen molar-refractivity contribution in [3.8, 4) is 0 Å². The van der Waals surface area contributed by atoms with Crippen LogP contribution in [0.2, 0.25) is 0 Å². The lowest BCUT2D eigenvalue weighted by atomic mass is 9.99. The van der Waals surface area contributed by atoms with Crippen molar-refractivity contribution in [1.82, 2.24) is 14.1 Å². The van der Waals surface area contributed by atoms with Gasteiger partial charge in [0, 0.05) is 51.1 Å². The van der Waals surface area contributed by atoms with Gasteiger partial charge in [-0.1, -0.05) is 0 Å². The number of nitrogens with one attached hydrogen (secondary N) is 1. The van der Waals surface area contributed by atoms with Gasteiger partial charge in [-0.05, 0) is 49.1 Å². The Labute approximate surface area is 231 Å². The monoisotopic (exact) mass is 576 g/mol. The van der Waals surface area contributed by atoms with Crippen molar-refractivity contribution < 1.29 is 32.3 Å². The van der Waals surface area contributed by atoms with Gasteiger partial charge in [-0.3, -0.25) is 19.2 Å². The number of hydrogen-bond donors (Lipinski definition) is 1. The third-order valence-corrected chi connectivity index (χ3v) is 10.1. The average Bonchev–Trinajstić information content (AvgIpc) is 3.28. The zero-order valence-electron chi connectivity index (χ0n) is 22.4. The van der Waals surface area contributed by atoms with Gasteiger partial charge in [0.15, 0.2) is 0 Å². The van der Waals surface area contributed by atoms with Gasteiger partial charge in [0.05, 0.1) is 30.0 Å². The molecule has 0 unspecified atom stereocenters. The van der Waals surface area contributed by atoms with Crippen LogP contribution in [0.15, 0.2) is 29.2 Å². The van der Waals surface area contributed by atoms with Crippen LogP contribution in [-0.4, -0.2) is 87.1 Å². The van der Waals surface area contributed by atoms with Crippen LogP contribution in [0.1, 0.15) is 50.9 Å². The fraction of sp³-hybridized carbons (Fsp3) is 0.462. The fourth-order valence-corrected chi connectivity index (χ4v) is 7.53. The van der Waals surface area contributed by atoms with Crippen LogP contribution >= 0.6 is 11.3 Å². The zero-order valence-corrected chi connectivity index (χ0v) is 24.0. The van der Waals surface area contributed by atoms with E-state index in [2.05, 4.69) is 5.32 Å². The molecule has 1 N–H and O–H groups in total. The van der Waals surface area contributed by atoms with E-state index in [0.717, 1.165) is 10.4 Å². The summed E-state index contributed by atoms with van der Waals surface area (Å²) in [6, 6.07) is 5.63. The molecule has 1 aromatic heterocycles. The minimum atomic E-state index is -3.79. The summed E-state index contributed by atoms with van der Waals surface area (Å²) in [5.74, 6) is -1.42. The van der Waals surface area contributed by atoms with Crippen LogP contribution in [0.25, 0.3) is 0 Å². The summed E-state index contributed by atoms with van der Waals surface area (Å²) in [4.78, 5) is 53.8. The largest absolute Gasteiger partial charge is 0.469 e. The first-order chi connectivity index (χ1) is 18.4. The van der Waals surface area contributed by atoms with E-state index in [4.69, 9.17) is 4.74 Å². The van der Waals surface area contributed by atoms with Crippen LogP contribution in [0.5, 0.6) is 0 Å². The van der Waals surface area contributed by atoms with Crippen molar-refractivity contribution in [3.05, 3.63) is 45.8 Å². The predicted molar refractivity (Wildman–Crippen MR) is 145 cm³/mol. The SMILES string of the molecule is COC(=O)C1CCN(S(=O)(=O)c2ccc(C(=O)Nc3sc4c(c3C(=O)N(C)C)CCN(C(C)=O)C4)cc2)CC1. The number of amides is 3. The molecule has 2 aromatic rings. The number of esters is 1. The number of benzene rings is 1. The van der Waals surface area contributed by atoms with Gasteiger partial charge in [0.2, 0.25) is 15.9 Å². The van der Waals surface area contributed by atoms with Crippen molar-refractivity contribution in [2.45, 2.75) is 37.6 Å². The Morgan fingerprint density at radius 3 is 2.26 bits per heavy atom. The van der Waals surface area contributed by atoms with Crippen molar-refractivity contribution in [3.63, 3.8) is 0 Å². The van der Waals surface area contributed by atoms with Crippen molar-refractivity contribution in [2.24, 2.45) is 5.92 Å². The molecule has 3 heterocycles. The first kappa shape index (κ1) is 28.7. The van der Waals surface area contributed by atoms with Gasteiger partial charge in [-0.15, -0.1) is 11.3 Å². The quantitative estimate of drug-likeness (QED) is 0.521. The van der Waals surface area contributed by atoms with E-state index < -0.39 is 15.9 Å². The number of carbonyl (C=O) groups is 4. The topological polar surface area (TPSA) is 133 Å². The molecule has 1 saturated heterocycles. The molecule has 0 aliphatic carbocycles. The number of methoxy groups -OCH3 is 1. The van der Waals surface area contributed by atoms with Gasteiger partial charge in [-0.2, -0.15) is 4.31 Å². The molecular weight excluding hydrogens is 544 g/mol. The minimum Gasteiger partial charge on any atom is -0.469 e. The van der Waals surface area contributed by atoms with Crippen LogP contribution in [0.4, 0.5) is 5.00 Å². The van der Waals surface area contributed by atoms with E-state index in [1.807, 2.05) is 0 Å². The van der Waals surface area contributed by atoms with Gasteiger partial charge in [0.25, 0.3) is 11.8 Å². The number of thiophene rings is 1. The summed E-state index contributed by atoms with van der Waals surface area (Å²) < 4.78 is 32.3. The fourth-order valence-electron chi connectivity index (χ4n) is 4.81. The molecule has 0 bridgehead atoms. The van der Waals surface area contributed by atoms with Crippen LogP contribution in [-0.2, 0) is 37.3 Å². The van der Waals surface area contributed by atoms with Crippen molar-refractivity contribution >= 4 is 50.1 Å². The molecule has 1 fully saturated rings.